The van der Waals surface area contributed by atoms with E-state index < -0.39 is 0 Å². The van der Waals surface area contributed by atoms with E-state index in [4.69, 9.17) is 9.94 Å². The number of oxime groups is 1. The average Bonchev–Trinajstić information content (AvgIpc) is 2.47. The van der Waals surface area contributed by atoms with Crippen LogP contribution in [0.15, 0.2) is 59.8 Å². The lowest BCUT2D eigenvalue weighted by molar-refractivity contribution is 0.306. The Bertz CT molecular complexity index is 532. The maximum atomic E-state index is 8.62. The highest BCUT2D eigenvalue weighted by Gasteiger charge is 1.99. The minimum Gasteiger partial charge on any atom is -0.489 e. The third-order valence-electron chi connectivity index (χ3n) is 2.80. The number of benzene rings is 2. The molecule has 2 aromatic rings. The summed E-state index contributed by atoms with van der Waals surface area (Å²) in [7, 11) is 0. The topological polar surface area (TPSA) is 41.8 Å². The van der Waals surface area contributed by atoms with Gasteiger partial charge in [-0.05, 0) is 30.2 Å². The molecule has 0 aliphatic rings. The van der Waals surface area contributed by atoms with Gasteiger partial charge in [-0.3, -0.25) is 0 Å². The van der Waals surface area contributed by atoms with Crippen molar-refractivity contribution < 1.29 is 9.94 Å². The van der Waals surface area contributed by atoms with Crippen LogP contribution in [-0.4, -0.2) is 10.9 Å². The van der Waals surface area contributed by atoms with E-state index in [0.717, 1.165) is 16.9 Å². The summed E-state index contributed by atoms with van der Waals surface area (Å²) in [5.74, 6) is 0.839. The van der Waals surface area contributed by atoms with Crippen LogP contribution in [0, 0.1) is 0 Å². The lowest BCUT2D eigenvalue weighted by atomic mass is 10.1. The first-order chi connectivity index (χ1) is 9.28. The molecule has 0 aliphatic heterocycles. The highest BCUT2D eigenvalue weighted by Crippen LogP contribution is 2.14. The highest BCUT2D eigenvalue weighted by molar-refractivity contribution is 5.83. The molecular weight excluding hydrogens is 238 g/mol. The van der Waals surface area contributed by atoms with Crippen LogP contribution in [0.3, 0.4) is 0 Å². The van der Waals surface area contributed by atoms with Crippen molar-refractivity contribution in [2.45, 2.75) is 20.0 Å². The first-order valence-corrected chi connectivity index (χ1v) is 6.21. The molecule has 19 heavy (non-hydrogen) atoms. The van der Waals surface area contributed by atoms with Crippen molar-refractivity contribution in [1.29, 1.82) is 0 Å². The van der Waals surface area contributed by atoms with Gasteiger partial charge in [-0.15, -0.1) is 0 Å². The third kappa shape index (κ3) is 4.14. The molecule has 0 spiro atoms. The molecule has 3 nitrogen and oxygen atoms in total. The van der Waals surface area contributed by atoms with Gasteiger partial charge in [0.15, 0.2) is 0 Å². The van der Waals surface area contributed by atoms with Crippen LogP contribution in [0.25, 0.3) is 0 Å². The van der Waals surface area contributed by atoms with Crippen LogP contribution < -0.4 is 4.74 Å². The molecule has 0 aliphatic carbocycles. The molecule has 0 bridgehead atoms. The maximum absolute atomic E-state index is 8.62. The lowest BCUT2D eigenvalue weighted by Gasteiger charge is -2.07. The minimum absolute atomic E-state index is 0.567. The summed E-state index contributed by atoms with van der Waals surface area (Å²) < 4.78 is 5.70. The zero-order valence-electron chi connectivity index (χ0n) is 10.9. The molecule has 0 aromatic heterocycles. The second-order valence-corrected chi connectivity index (χ2v) is 4.43. The Hall–Kier alpha value is -2.29. The van der Waals surface area contributed by atoms with E-state index in [9.17, 15) is 0 Å². The number of hydrogen-bond acceptors (Lipinski definition) is 3. The number of hydrogen-bond donors (Lipinski definition) is 1. The molecule has 2 rings (SSSR count). The molecule has 0 fully saturated rings. The number of nitrogens with zero attached hydrogens (tertiary/aromatic N) is 1. The summed E-state index contributed by atoms with van der Waals surface area (Å²) in [6.45, 7) is 2.36. The Morgan fingerprint density at radius 2 is 1.68 bits per heavy atom. The summed E-state index contributed by atoms with van der Waals surface area (Å²) in [4.78, 5) is 0. The normalized spacial score (nSPS) is 11.3. The first-order valence-electron chi connectivity index (χ1n) is 6.21. The lowest BCUT2D eigenvalue weighted by Crippen LogP contribution is -1.98. The van der Waals surface area contributed by atoms with E-state index in [2.05, 4.69) is 5.16 Å². The molecule has 0 atom stereocenters. The van der Waals surface area contributed by atoms with Gasteiger partial charge in [-0.1, -0.05) is 47.6 Å². The van der Waals surface area contributed by atoms with Crippen LogP contribution in [-0.2, 0) is 13.0 Å². The molecule has 98 valence electrons. The van der Waals surface area contributed by atoms with E-state index in [1.165, 1.54) is 0 Å². The van der Waals surface area contributed by atoms with Crippen LogP contribution in [0.2, 0.25) is 0 Å². The van der Waals surface area contributed by atoms with Crippen LogP contribution >= 0.6 is 0 Å². The number of ether oxygens (including phenoxy) is 1. The predicted molar refractivity (Wildman–Crippen MR) is 75.8 cm³/mol. The molecule has 1 N–H and O–H groups in total. The fourth-order valence-corrected chi connectivity index (χ4v) is 1.78. The molecule has 3 heteroatoms. The Morgan fingerprint density at radius 3 is 2.32 bits per heavy atom. The van der Waals surface area contributed by atoms with Gasteiger partial charge >= 0.3 is 0 Å². The van der Waals surface area contributed by atoms with E-state index in [1.54, 1.807) is 6.92 Å². The van der Waals surface area contributed by atoms with Gasteiger partial charge in [-0.25, -0.2) is 0 Å². The van der Waals surface area contributed by atoms with Crippen molar-refractivity contribution in [3.05, 3.63) is 65.7 Å². The standard InChI is InChI=1S/C16H17NO2/c1-13(17-18)11-14-7-9-16(10-8-14)19-12-15-5-3-2-4-6-15/h2-10,18H,11-12H2,1H3. The monoisotopic (exact) mass is 255 g/mol. The van der Waals surface area contributed by atoms with Gasteiger partial charge in [0, 0.05) is 6.42 Å². The smallest absolute Gasteiger partial charge is 0.119 e. The maximum Gasteiger partial charge on any atom is 0.119 e. The number of rotatable bonds is 5. The fourth-order valence-electron chi connectivity index (χ4n) is 1.78. The largest absolute Gasteiger partial charge is 0.489 e. The van der Waals surface area contributed by atoms with Crippen molar-refractivity contribution in [3.8, 4) is 5.75 Å². The van der Waals surface area contributed by atoms with Gasteiger partial charge in [0.25, 0.3) is 0 Å². The molecule has 0 amide bonds. The summed E-state index contributed by atoms with van der Waals surface area (Å²) >= 11 is 0. The van der Waals surface area contributed by atoms with Gasteiger partial charge < -0.3 is 9.94 Å². The highest BCUT2D eigenvalue weighted by atomic mass is 16.5. The Morgan fingerprint density at radius 1 is 1.00 bits per heavy atom. The molecule has 0 radical (unpaired) electrons. The zero-order valence-corrected chi connectivity index (χ0v) is 10.9. The Balaban J connectivity index is 1.92. The molecule has 0 saturated heterocycles. The van der Waals surface area contributed by atoms with Crippen molar-refractivity contribution in [3.63, 3.8) is 0 Å². The molecule has 0 heterocycles. The van der Waals surface area contributed by atoms with Gasteiger partial charge in [-0.2, -0.15) is 0 Å². The molecule has 2 aromatic carbocycles. The predicted octanol–water partition coefficient (Wildman–Crippen LogP) is 3.66. The van der Waals surface area contributed by atoms with Crippen molar-refractivity contribution in [1.82, 2.24) is 0 Å². The van der Waals surface area contributed by atoms with Gasteiger partial charge in [0.2, 0.25) is 0 Å². The molecular formula is C16H17NO2. The van der Waals surface area contributed by atoms with E-state index in [1.807, 2.05) is 54.6 Å². The summed E-state index contributed by atoms with van der Waals surface area (Å²) in [6, 6.07) is 17.9. The third-order valence-corrected chi connectivity index (χ3v) is 2.80. The second kappa shape index (κ2) is 6.59. The van der Waals surface area contributed by atoms with E-state index in [0.29, 0.717) is 18.7 Å². The molecule has 0 saturated carbocycles. The summed E-state index contributed by atoms with van der Waals surface area (Å²) in [5, 5.41) is 11.8. The van der Waals surface area contributed by atoms with Gasteiger partial charge in [0.1, 0.15) is 12.4 Å². The van der Waals surface area contributed by atoms with Crippen LogP contribution in [0.5, 0.6) is 5.75 Å². The quantitative estimate of drug-likeness (QED) is 0.503. The fraction of sp³-hybridized carbons (Fsp3) is 0.188. The van der Waals surface area contributed by atoms with E-state index in [-0.39, 0.29) is 0 Å². The van der Waals surface area contributed by atoms with Crippen molar-refractivity contribution in [2.75, 3.05) is 0 Å². The van der Waals surface area contributed by atoms with Crippen LogP contribution in [0.4, 0.5) is 0 Å². The minimum atomic E-state index is 0.567. The SMILES string of the molecule is CC(Cc1ccc(OCc2ccccc2)cc1)=NO. The average molecular weight is 255 g/mol. The first kappa shape index (κ1) is 13.1. The Kier molecular flexibility index (Phi) is 4.56. The summed E-state index contributed by atoms with van der Waals surface area (Å²) in [5.41, 5.74) is 2.94. The zero-order chi connectivity index (χ0) is 13.5. The Labute approximate surface area is 113 Å². The second-order valence-electron chi connectivity index (χ2n) is 4.43. The summed E-state index contributed by atoms with van der Waals surface area (Å²) in [6.07, 6.45) is 0.648. The van der Waals surface area contributed by atoms with Crippen molar-refractivity contribution >= 4 is 5.71 Å². The van der Waals surface area contributed by atoms with Gasteiger partial charge in [0.05, 0.1) is 5.71 Å². The van der Waals surface area contributed by atoms with Crippen molar-refractivity contribution in [2.24, 2.45) is 5.16 Å². The molecule has 0 unspecified atom stereocenters. The van der Waals surface area contributed by atoms with E-state index >= 15 is 0 Å². The van der Waals surface area contributed by atoms with Crippen LogP contribution in [0.1, 0.15) is 18.1 Å².